The maximum Gasteiger partial charge on any atom is 0.141 e. The number of carbonyl (C=O) groups excluding carboxylic acids is 1. The number of benzene rings is 1. The summed E-state index contributed by atoms with van der Waals surface area (Å²) < 4.78 is 13.5. The van der Waals surface area contributed by atoms with Gasteiger partial charge < -0.3 is 5.32 Å². The maximum absolute atomic E-state index is 13.1. The van der Waals surface area contributed by atoms with Crippen LogP contribution in [-0.2, 0) is 11.2 Å². The van der Waals surface area contributed by atoms with E-state index in [1.807, 2.05) is 6.92 Å². The average Bonchev–Trinajstić information content (AvgIpc) is 2.70. The highest BCUT2D eigenvalue weighted by Gasteiger charge is 2.28. The highest BCUT2D eigenvalue weighted by atomic mass is 79.9. The lowest BCUT2D eigenvalue weighted by Crippen LogP contribution is -2.29. The van der Waals surface area contributed by atoms with Gasteiger partial charge >= 0.3 is 0 Å². The van der Waals surface area contributed by atoms with Crippen LogP contribution >= 0.6 is 15.9 Å². The number of nitrogens with one attached hydrogen (secondary N) is 1. The van der Waals surface area contributed by atoms with Gasteiger partial charge in [0.2, 0.25) is 0 Å². The van der Waals surface area contributed by atoms with Crippen LogP contribution in [0.15, 0.2) is 22.7 Å². The lowest BCUT2D eigenvalue weighted by atomic mass is 9.92. The van der Waals surface area contributed by atoms with Crippen molar-refractivity contribution in [1.82, 2.24) is 5.32 Å². The summed E-state index contributed by atoms with van der Waals surface area (Å²) in [6.07, 6.45) is 1.29. The summed E-state index contributed by atoms with van der Waals surface area (Å²) >= 11 is 3.13. The van der Waals surface area contributed by atoms with E-state index in [1.54, 1.807) is 12.1 Å². The maximum atomic E-state index is 13.1. The molecule has 2 nitrogen and oxygen atoms in total. The van der Waals surface area contributed by atoms with Crippen molar-refractivity contribution in [3.63, 3.8) is 0 Å². The number of rotatable bonds is 3. The van der Waals surface area contributed by atoms with Crippen molar-refractivity contribution in [3.05, 3.63) is 34.1 Å². The number of carbonyl (C=O) groups is 1. The molecule has 17 heavy (non-hydrogen) atoms. The molecular weight excluding hydrogens is 285 g/mol. The molecule has 0 aromatic heterocycles. The Morgan fingerprint density at radius 3 is 2.94 bits per heavy atom. The molecule has 1 aliphatic rings. The number of hydrogen-bond donors (Lipinski definition) is 1. The van der Waals surface area contributed by atoms with Gasteiger partial charge in [0.25, 0.3) is 0 Å². The first kappa shape index (κ1) is 12.7. The average molecular weight is 300 g/mol. The van der Waals surface area contributed by atoms with Crippen LogP contribution in [0.1, 0.15) is 18.9 Å². The van der Waals surface area contributed by atoms with E-state index in [0.29, 0.717) is 10.9 Å². The molecule has 0 radical (unpaired) electrons. The lowest BCUT2D eigenvalue weighted by molar-refractivity contribution is -0.122. The molecule has 1 aromatic carbocycles. The van der Waals surface area contributed by atoms with Crippen LogP contribution in [-0.4, -0.2) is 18.4 Å². The quantitative estimate of drug-likeness (QED) is 0.930. The second-order valence-electron chi connectivity index (χ2n) is 4.53. The van der Waals surface area contributed by atoms with Gasteiger partial charge in [0.1, 0.15) is 11.6 Å². The molecule has 0 spiro atoms. The molecule has 0 bridgehead atoms. The third kappa shape index (κ3) is 2.93. The zero-order valence-electron chi connectivity index (χ0n) is 9.67. The van der Waals surface area contributed by atoms with Gasteiger partial charge in [-0.3, -0.25) is 4.79 Å². The van der Waals surface area contributed by atoms with Gasteiger partial charge in [-0.1, -0.05) is 6.07 Å². The molecule has 1 heterocycles. The Hall–Kier alpha value is -0.740. The monoisotopic (exact) mass is 299 g/mol. The first-order chi connectivity index (χ1) is 8.08. The van der Waals surface area contributed by atoms with Crippen LogP contribution in [0.4, 0.5) is 4.39 Å². The smallest absolute Gasteiger partial charge is 0.141 e. The summed E-state index contributed by atoms with van der Waals surface area (Å²) in [6.45, 7) is 2.95. The predicted molar refractivity (Wildman–Crippen MR) is 68.4 cm³/mol. The van der Waals surface area contributed by atoms with Crippen molar-refractivity contribution in [1.29, 1.82) is 0 Å². The molecule has 2 atom stereocenters. The second-order valence-corrected chi connectivity index (χ2v) is 5.38. The first-order valence-electron chi connectivity index (χ1n) is 5.78. The summed E-state index contributed by atoms with van der Waals surface area (Å²) in [5.41, 5.74) is 0.863. The molecule has 4 heteroatoms. The SMILES string of the molecule is CC1NCCC1C(=O)Cc1ccc(F)c(Br)c1. The Morgan fingerprint density at radius 1 is 1.59 bits per heavy atom. The fourth-order valence-electron chi connectivity index (χ4n) is 2.28. The second kappa shape index (κ2) is 5.27. The molecule has 0 saturated carbocycles. The van der Waals surface area contributed by atoms with E-state index in [-0.39, 0.29) is 23.6 Å². The largest absolute Gasteiger partial charge is 0.314 e. The Balaban J connectivity index is 2.05. The highest BCUT2D eigenvalue weighted by molar-refractivity contribution is 9.10. The van der Waals surface area contributed by atoms with Crippen LogP contribution in [0, 0.1) is 11.7 Å². The minimum Gasteiger partial charge on any atom is -0.314 e. The molecular formula is C13H15BrFNO. The van der Waals surface area contributed by atoms with Gasteiger partial charge in [0.15, 0.2) is 0 Å². The van der Waals surface area contributed by atoms with Gasteiger partial charge in [-0.05, 0) is 53.5 Å². The van der Waals surface area contributed by atoms with E-state index in [2.05, 4.69) is 21.2 Å². The molecule has 92 valence electrons. The number of hydrogen-bond acceptors (Lipinski definition) is 2. The predicted octanol–water partition coefficient (Wildman–Crippen LogP) is 2.70. The van der Waals surface area contributed by atoms with E-state index in [9.17, 15) is 9.18 Å². The van der Waals surface area contributed by atoms with E-state index < -0.39 is 0 Å². The Morgan fingerprint density at radius 2 is 2.35 bits per heavy atom. The van der Waals surface area contributed by atoms with Crippen molar-refractivity contribution >= 4 is 21.7 Å². The van der Waals surface area contributed by atoms with Gasteiger partial charge in [-0.2, -0.15) is 0 Å². The lowest BCUT2D eigenvalue weighted by Gasteiger charge is -2.13. The normalized spacial score (nSPS) is 23.9. The molecule has 1 N–H and O–H groups in total. The minimum absolute atomic E-state index is 0.0961. The third-order valence-corrected chi connectivity index (χ3v) is 3.91. The summed E-state index contributed by atoms with van der Waals surface area (Å²) in [6, 6.07) is 5.00. The van der Waals surface area contributed by atoms with Crippen LogP contribution in [0.25, 0.3) is 0 Å². The fraction of sp³-hybridized carbons (Fsp3) is 0.462. The van der Waals surface area contributed by atoms with Crippen LogP contribution in [0.5, 0.6) is 0 Å². The van der Waals surface area contributed by atoms with Crippen molar-refractivity contribution in [2.45, 2.75) is 25.8 Å². The van der Waals surface area contributed by atoms with Crippen LogP contribution in [0.3, 0.4) is 0 Å². The van der Waals surface area contributed by atoms with Crippen molar-refractivity contribution in [2.24, 2.45) is 5.92 Å². The Bertz CT molecular complexity index is 435. The Labute approximate surface area is 109 Å². The third-order valence-electron chi connectivity index (χ3n) is 3.30. The van der Waals surface area contributed by atoms with E-state index >= 15 is 0 Å². The zero-order chi connectivity index (χ0) is 12.4. The summed E-state index contributed by atoms with van der Waals surface area (Å²) in [5, 5.41) is 3.27. The van der Waals surface area contributed by atoms with Crippen molar-refractivity contribution < 1.29 is 9.18 Å². The molecule has 1 aromatic rings. The first-order valence-corrected chi connectivity index (χ1v) is 6.57. The van der Waals surface area contributed by atoms with Crippen molar-refractivity contribution in [2.75, 3.05) is 6.54 Å². The number of ketones is 1. The fourth-order valence-corrected chi connectivity index (χ4v) is 2.71. The summed E-state index contributed by atoms with van der Waals surface area (Å²) in [4.78, 5) is 12.1. The topological polar surface area (TPSA) is 29.1 Å². The van der Waals surface area contributed by atoms with E-state index in [0.717, 1.165) is 18.5 Å². The van der Waals surface area contributed by atoms with Crippen LogP contribution < -0.4 is 5.32 Å². The molecule has 2 unspecified atom stereocenters. The van der Waals surface area contributed by atoms with E-state index in [1.165, 1.54) is 6.07 Å². The van der Waals surface area contributed by atoms with E-state index in [4.69, 9.17) is 0 Å². The summed E-state index contributed by atoms with van der Waals surface area (Å²) in [5.74, 6) is 0.0388. The molecule has 0 aliphatic carbocycles. The minimum atomic E-state index is -0.294. The number of halogens is 2. The molecule has 1 aliphatic heterocycles. The molecule has 1 fully saturated rings. The molecule has 2 rings (SSSR count). The standard InChI is InChI=1S/C13H15BrFNO/c1-8-10(4-5-16-8)13(17)7-9-2-3-12(15)11(14)6-9/h2-3,6,8,10,16H,4-5,7H2,1H3. The Kier molecular flexibility index (Phi) is 3.94. The number of Topliss-reactive ketones (excluding diaryl/α,β-unsaturated/α-hetero) is 1. The van der Waals surface area contributed by atoms with Gasteiger partial charge in [-0.25, -0.2) is 4.39 Å². The van der Waals surface area contributed by atoms with Gasteiger partial charge in [-0.15, -0.1) is 0 Å². The van der Waals surface area contributed by atoms with Crippen LogP contribution in [0.2, 0.25) is 0 Å². The summed E-state index contributed by atoms with van der Waals surface area (Å²) in [7, 11) is 0. The van der Waals surface area contributed by atoms with Gasteiger partial charge in [0, 0.05) is 18.4 Å². The molecule has 0 amide bonds. The van der Waals surface area contributed by atoms with Gasteiger partial charge in [0.05, 0.1) is 4.47 Å². The highest BCUT2D eigenvalue weighted by Crippen LogP contribution is 2.21. The van der Waals surface area contributed by atoms with Crippen molar-refractivity contribution in [3.8, 4) is 0 Å². The molecule has 1 saturated heterocycles. The zero-order valence-corrected chi connectivity index (χ0v) is 11.3.